The van der Waals surface area contributed by atoms with Crippen molar-refractivity contribution in [2.75, 3.05) is 32.7 Å². The van der Waals surface area contributed by atoms with Crippen LogP contribution in [0, 0.1) is 11.3 Å². The third-order valence-electron chi connectivity index (χ3n) is 6.23. The SMILES string of the molecule is CC(C)N1CCC(CN2CCC3(CCC3)CC2)CC1. The fraction of sp³-hybridized carbons (Fsp3) is 1.00. The molecule has 2 nitrogen and oxygen atoms in total. The Morgan fingerprint density at radius 3 is 2.05 bits per heavy atom. The summed E-state index contributed by atoms with van der Waals surface area (Å²) in [5.41, 5.74) is 0.817. The first kappa shape index (κ1) is 13.9. The van der Waals surface area contributed by atoms with Gasteiger partial charge in [-0.25, -0.2) is 0 Å². The van der Waals surface area contributed by atoms with Gasteiger partial charge in [0.1, 0.15) is 0 Å². The molecule has 2 heteroatoms. The van der Waals surface area contributed by atoms with E-state index in [1.807, 2.05) is 0 Å². The van der Waals surface area contributed by atoms with E-state index in [1.165, 1.54) is 77.7 Å². The summed E-state index contributed by atoms with van der Waals surface area (Å²) in [5.74, 6) is 0.977. The second-order valence-corrected chi connectivity index (χ2v) is 7.73. The second-order valence-electron chi connectivity index (χ2n) is 7.73. The van der Waals surface area contributed by atoms with Crippen LogP contribution < -0.4 is 0 Å². The van der Waals surface area contributed by atoms with Crippen LogP contribution >= 0.6 is 0 Å². The average molecular weight is 264 g/mol. The zero-order valence-electron chi connectivity index (χ0n) is 13.0. The maximum Gasteiger partial charge on any atom is 0.00385 e. The van der Waals surface area contributed by atoms with Gasteiger partial charge in [0, 0.05) is 12.6 Å². The Kier molecular flexibility index (Phi) is 4.19. The van der Waals surface area contributed by atoms with Gasteiger partial charge < -0.3 is 9.80 Å². The second kappa shape index (κ2) is 5.73. The Morgan fingerprint density at radius 1 is 0.947 bits per heavy atom. The molecule has 2 saturated heterocycles. The maximum absolute atomic E-state index is 2.78. The van der Waals surface area contributed by atoms with E-state index in [1.54, 1.807) is 0 Å². The lowest BCUT2D eigenvalue weighted by Crippen LogP contribution is -2.46. The molecule has 0 unspecified atom stereocenters. The van der Waals surface area contributed by atoms with Crippen LogP contribution in [0.5, 0.6) is 0 Å². The lowest BCUT2D eigenvalue weighted by atomic mass is 9.63. The summed E-state index contributed by atoms with van der Waals surface area (Å²) in [6, 6.07) is 0.745. The van der Waals surface area contributed by atoms with E-state index in [4.69, 9.17) is 0 Å². The molecule has 19 heavy (non-hydrogen) atoms. The van der Waals surface area contributed by atoms with E-state index in [2.05, 4.69) is 23.6 Å². The molecule has 0 aromatic rings. The molecule has 110 valence electrons. The van der Waals surface area contributed by atoms with Crippen molar-refractivity contribution in [3.05, 3.63) is 0 Å². The van der Waals surface area contributed by atoms with Crippen molar-refractivity contribution in [2.45, 2.75) is 64.8 Å². The minimum absolute atomic E-state index is 0.745. The minimum atomic E-state index is 0.745. The Balaban J connectivity index is 1.39. The topological polar surface area (TPSA) is 6.48 Å². The van der Waals surface area contributed by atoms with E-state index in [-0.39, 0.29) is 0 Å². The van der Waals surface area contributed by atoms with Crippen molar-refractivity contribution in [3.63, 3.8) is 0 Å². The zero-order valence-corrected chi connectivity index (χ0v) is 13.0. The molecule has 2 heterocycles. The molecule has 1 saturated carbocycles. The smallest absolute Gasteiger partial charge is 0.00385 e. The van der Waals surface area contributed by atoms with Crippen molar-refractivity contribution in [1.82, 2.24) is 9.80 Å². The summed E-state index contributed by atoms with van der Waals surface area (Å²) in [4.78, 5) is 5.43. The molecular weight excluding hydrogens is 232 g/mol. The molecule has 1 spiro atoms. The maximum atomic E-state index is 2.78. The van der Waals surface area contributed by atoms with E-state index < -0.39 is 0 Å². The predicted molar refractivity (Wildman–Crippen MR) is 81.4 cm³/mol. The van der Waals surface area contributed by atoms with Crippen LogP contribution in [0.15, 0.2) is 0 Å². The third kappa shape index (κ3) is 3.16. The van der Waals surface area contributed by atoms with Gasteiger partial charge in [0.15, 0.2) is 0 Å². The highest BCUT2D eigenvalue weighted by Crippen LogP contribution is 2.48. The summed E-state index contributed by atoms with van der Waals surface area (Å²) in [5, 5.41) is 0. The Hall–Kier alpha value is -0.0800. The number of nitrogens with zero attached hydrogens (tertiary/aromatic N) is 2. The molecule has 3 aliphatic rings. The van der Waals surface area contributed by atoms with Crippen molar-refractivity contribution >= 4 is 0 Å². The van der Waals surface area contributed by atoms with E-state index in [0.29, 0.717) is 0 Å². The molecule has 0 bridgehead atoms. The number of likely N-dealkylation sites (tertiary alicyclic amines) is 2. The fourth-order valence-corrected chi connectivity index (χ4v) is 4.40. The highest BCUT2D eigenvalue weighted by atomic mass is 15.2. The van der Waals surface area contributed by atoms with Crippen LogP contribution in [0.3, 0.4) is 0 Å². The van der Waals surface area contributed by atoms with Crippen LogP contribution in [0.2, 0.25) is 0 Å². The van der Waals surface area contributed by atoms with Crippen LogP contribution in [0.1, 0.15) is 58.8 Å². The first-order chi connectivity index (χ1) is 9.17. The molecule has 1 aliphatic carbocycles. The zero-order chi connectivity index (χ0) is 13.3. The predicted octanol–water partition coefficient (Wildman–Crippen LogP) is 3.37. The molecule has 0 amide bonds. The van der Waals surface area contributed by atoms with Gasteiger partial charge in [0.25, 0.3) is 0 Å². The molecule has 0 N–H and O–H groups in total. The molecule has 0 aromatic carbocycles. The quantitative estimate of drug-likeness (QED) is 0.771. The van der Waals surface area contributed by atoms with Crippen LogP contribution in [-0.2, 0) is 0 Å². The third-order valence-corrected chi connectivity index (χ3v) is 6.23. The van der Waals surface area contributed by atoms with Crippen molar-refractivity contribution in [1.29, 1.82) is 0 Å². The number of hydrogen-bond donors (Lipinski definition) is 0. The molecule has 0 aromatic heterocycles. The minimum Gasteiger partial charge on any atom is -0.303 e. The lowest BCUT2D eigenvalue weighted by Gasteiger charge is -2.49. The number of rotatable bonds is 3. The molecular formula is C17H32N2. The van der Waals surface area contributed by atoms with E-state index >= 15 is 0 Å². The average Bonchev–Trinajstić information content (AvgIpc) is 2.38. The van der Waals surface area contributed by atoms with Crippen molar-refractivity contribution < 1.29 is 0 Å². The lowest BCUT2D eigenvalue weighted by molar-refractivity contribution is 0.0215. The standard InChI is InChI=1S/C17H32N2/c1-15(2)19-10-4-16(5-11-19)14-18-12-8-17(9-13-18)6-3-7-17/h15-16H,3-14H2,1-2H3. The summed E-state index contributed by atoms with van der Waals surface area (Å²) < 4.78 is 0. The van der Waals surface area contributed by atoms with E-state index in [0.717, 1.165) is 17.4 Å². The largest absolute Gasteiger partial charge is 0.303 e. The summed E-state index contributed by atoms with van der Waals surface area (Å²) in [7, 11) is 0. The van der Waals surface area contributed by atoms with Gasteiger partial charge in [-0.3, -0.25) is 0 Å². The van der Waals surface area contributed by atoms with Gasteiger partial charge in [0.05, 0.1) is 0 Å². The Bertz CT molecular complexity index is 278. The first-order valence-corrected chi connectivity index (χ1v) is 8.63. The fourth-order valence-electron chi connectivity index (χ4n) is 4.40. The van der Waals surface area contributed by atoms with Gasteiger partial charge in [-0.05, 0) is 89.9 Å². The normalized spacial score (nSPS) is 29.8. The molecule has 3 fully saturated rings. The number of piperidine rings is 2. The summed E-state index contributed by atoms with van der Waals surface area (Å²) in [6.45, 7) is 11.5. The molecule has 0 radical (unpaired) electrons. The van der Waals surface area contributed by atoms with Gasteiger partial charge in [-0.1, -0.05) is 6.42 Å². The Labute approximate surface area is 119 Å². The molecule has 3 rings (SSSR count). The van der Waals surface area contributed by atoms with Crippen LogP contribution in [0.4, 0.5) is 0 Å². The van der Waals surface area contributed by atoms with Gasteiger partial charge in [0.2, 0.25) is 0 Å². The number of hydrogen-bond acceptors (Lipinski definition) is 2. The van der Waals surface area contributed by atoms with Gasteiger partial charge in [-0.2, -0.15) is 0 Å². The summed E-state index contributed by atoms with van der Waals surface area (Å²) in [6.07, 6.45) is 10.4. The van der Waals surface area contributed by atoms with Crippen LogP contribution in [0.25, 0.3) is 0 Å². The highest BCUT2D eigenvalue weighted by molar-refractivity contribution is 4.92. The van der Waals surface area contributed by atoms with Gasteiger partial charge >= 0.3 is 0 Å². The van der Waals surface area contributed by atoms with E-state index in [9.17, 15) is 0 Å². The Morgan fingerprint density at radius 2 is 1.58 bits per heavy atom. The summed E-state index contributed by atoms with van der Waals surface area (Å²) >= 11 is 0. The van der Waals surface area contributed by atoms with Crippen molar-refractivity contribution in [2.24, 2.45) is 11.3 Å². The van der Waals surface area contributed by atoms with Crippen LogP contribution in [-0.4, -0.2) is 48.6 Å². The monoisotopic (exact) mass is 264 g/mol. The molecule has 2 aliphatic heterocycles. The highest BCUT2D eigenvalue weighted by Gasteiger charge is 2.39. The van der Waals surface area contributed by atoms with Gasteiger partial charge in [-0.15, -0.1) is 0 Å². The molecule has 0 atom stereocenters. The van der Waals surface area contributed by atoms with Crippen molar-refractivity contribution in [3.8, 4) is 0 Å². The first-order valence-electron chi connectivity index (χ1n) is 8.63.